The van der Waals surface area contributed by atoms with Crippen LogP contribution in [0.1, 0.15) is 33.6 Å². The monoisotopic (exact) mass is 242 g/mol. The molecule has 1 heterocycles. The Morgan fingerprint density at radius 2 is 1.94 bits per heavy atom. The third kappa shape index (κ3) is 3.11. The van der Waals surface area contributed by atoms with E-state index in [9.17, 15) is 9.59 Å². The molecule has 1 fully saturated rings. The number of likely N-dealkylation sites (tertiary alicyclic amines) is 1. The number of urea groups is 1. The summed E-state index contributed by atoms with van der Waals surface area (Å²) < 4.78 is 0. The molecule has 0 bridgehead atoms. The Hall–Kier alpha value is -1.26. The van der Waals surface area contributed by atoms with Gasteiger partial charge in [-0.3, -0.25) is 0 Å². The summed E-state index contributed by atoms with van der Waals surface area (Å²) in [4.78, 5) is 26.1. The molecule has 0 radical (unpaired) electrons. The molecular formula is C12H22N2O3. The fourth-order valence-electron chi connectivity index (χ4n) is 2.09. The van der Waals surface area contributed by atoms with E-state index in [1.165, 1.54) is 11.8 Å². The maximum Gasteiger partial charge on any atom is 0.326 e. The van der Waals surface area contributed by atoms with Crippen LogP contribution in [-0.4, -0.2) is 52.6 Å². The van der Waals surface area contributed by atoms with E-state index in [-0.39, 0.29) is 12.1 Å². The zero-order valence-corrected chi connectivity index (χ0v) is 11.0. The van der Waals surface area contributed by atoms with Gasteiger partial charge in [-0.05, 0) is 32.6 Å². The Bertz CT molecular complexity index is 306. The van der Waals surface area contributed by atoms with Gasteiger partial charge in [-0.1, -0.05) is 6.92 Å². The first kappa shape index (κ1) is 13.8. The summed E-state index contributed by atoms with van der Waals surface area (Å²) >= 11 is 0. The highest BCUT2D eigenvalue weighted by atomic mass is 16.4. The van der Waals surface area contributed by atoms with Gasteiger partial charge in [0.1, 0.15) is 6.04 Å². The van der Waals surface area contributed by atoms with Crippen molar-refractivity contribution in [1.82, 2.24) is 9.80 Å². The maximum absolute atomic E-state index is 12.2. The van der Waals surface area contributed by atoms with Crippen LogP contribution in [0.3, 0.4) is 0 Å². The number of piperidine rings is 1. The molecule has 0 saturated carbocycles. The summed E-state index contributed by atoms with van der Waals surface area (Å²) in [6.07, 6.45) is 2.12. The van der Waals surface area contributed by atoms with Gasteiger partial charge in [0.25, 0.3) is 0 Å². The van der Waals surface area contributed by atoms with E-state index in [0.29, 0.717) is 5.92 Å². The number of carboxylic acids is 1. The molecule has 1 aliphatic heterocycles. The quantitative estimate of drug-likeness (QED) is 0.800. The minimum atomic E-state index is -0.974. The SMILES string of the molecule is CC1CCC(C)N(C(=O)N(C)C(C)C(=O)O)C1. The fourth-order valence-corrected chi connectivity index (χ4v) is 2.09. The second-order valence-electron chi connectivity index (χ2n) is 5.09. The number of likely N-dealkylation sites (N-methyl/N-ethyl adjacent to an activating group) is 1. The first-order chi connectivity index (χ1) is 7.84. The molecule has 5 heteroatoms. The van der Waals surface area contributed by atoms with E-state index in [1.54, 1.807) is 11.9 Å². The Labute approximate surface area is 102 Å². The van der Waals surface area contributed by atoms with E-state index in [0.717, 1.165) is 19.4 Å². The first-order valence-corrected chi connectivity index (χ1v) is 6.10. The molecular weight excluding hydrogens is 220 g/mol. The van der Waals surface area contributed by atoms with Crippen molar-refractivity contribution < 1.29 is 14.7 Å². The van der Waals surface area contributed by atoms with Gasteiger partial charge in [0.2, 0.25) is 0 Å². The molecule has 0 aromatic carbocycles. The number of hydrogen-bond donors (Lipinski definition) is 1. The number of carbonyl (C=O) groups is 2. The topological polar surface area (TPSA) is 60.9 Å². The van der Waals surface area contributed by atoms with Crippen molar-refractivity contribution in [1.29, 1.82) is 0 Å². The third-order valence-electron chi connectivity index (χ3n) is 3.60. The average Bonchev–Trinajstić information content (AvgIpc) is 2.29. The molecule has 2 amide bonds. The molecule has 1 saturated heterocycles. The summed E-state index contributed by atoms with van der Waals surface area (Å²) in [6, 6.07) is -0.770. The van der Waals surface area contributed by atoms with Gasteiger partial charge >= 0.3 is 12.0 Å². The Balaban J connectivity index is 2.70. The van der Waals surface area contributed by atoms with Gasteiger partial charge in [-0.2, -0.15) is 0 Å². The van der Waals surface area contributed by atoms with Crippen LogP contribution in [0.25, 0.3) is 0 Å². The molecule has 3 unspecified atom stereocenters. The minimum absolute atomic E-state index is 0.182. The van der Waals surface area contributed by atoms with Crippen LogP contribution in [0, 0.1) is 5.92 Å². The lowest BCUT2D eigenvalue weighted by atomic mass is 9.95. The lowest BCUT2D eigenvalue weighted by Crippen LogP contribution is -2.53. The van der Waals surface area contributed by atoms with Crippen LogP contribution in [-0.2, 0) is 4.79 Å². The van der Waals surface area contributed by atoms with Crippen molar-refractivity contribution >= 4 is 12.0 Å². The number of aliphatic carboxylic acids is 1. The predicted molar refractivity (Wildman–Crippen MR) is 64.8 cm³/mol. The van der Waals surface area contributed by atoms with Gasteiger partial charge in [-0.15, -0.1) is 0 Å². The van der Waals surface area contributed by atoms with Crippen molar-refractivity contribution in [2.75, 3.05) is 13.6 Å². The molecule has 3 atom stereocenters. The number of hydrogen-bond acceptors (Lipinski definition) is 2. The van der Waals surface area contributed by atoms with Crippen molar-refractivity contribution in [3.63, 3.8) is 0 Å². The van der Waals surface area contributed by atoms with Gasteiger partial charge in [0, 0.05) is 19.6 Å². The largest absolute Gasteiger partial charge is 0.480 e. The summed E-state index contributed by atoms with van der Waals surface area (Å²) in [5.41, 5.74) is 0. The Morgan fingerprint density at radius 3 is 2.47 bits per heavy atom. The standard InChI is InChI=1S/C12H22N2O3/c1-8-5-6-9(2)14(7-8)12(17)13(4)10(3)11(15)16/h8-10H,5-7H2,1-4H3,(H,15,16). The minimum Gasteiger partial charge on any atom is -0.480 e. The summed E-state index contributed by atoms with van der Waals surface area (Å²) in [5, 5.41) is 8.91. The van der Waals surface area contributed by atoms with Gasteiger partial charge < -0.3 is 14.9 Å². The van der Waals surface area contributed by atoms with Crippen LogP contribution < -0.4 is 0 Å². The predicted octanol–water partition coefficient (Wildman–Crippen LogP) is 1.63. The van der Waals surface area contributed by atoms with E-state index >= 15 is 0 Å². The number of amides is 2. The molecule has 1 aliphatic rings. The smallest absolute Gasteiger partial charge is 0.326 e. The van der Waals surface area contributed by atoms with Crippen molar-refractivity contribution in [3.05, 3.63) is 0 Å². The molecule has 0 aliphatic carbocycles. The second-order valence-corrected chi connectivity index (χ2v) is 5.09. The molecule has 1 rings (SSSR count). The zero-order valence-electron chi connectivity index (χ0n) is 11.0. The van der Waals surface area contributed by atoms with E-state index < -0.39 is 12.0 Å². The third-order valence-corrected chi connectivity index (χ3v) is 3.60. The van der Waals surface area contributed by atoms with Crippen molar-refractivity contribution in [2.24, 2.45) is 5.92 Å². The van der Waals surface area contributed by atoms with Crippen LogP contribution in [0.2, 0.25) is 0 Å². The van der Waals surface area contributed by atoms with E-state index in [2.05, 4.69) is 6.92 Å². The van der Waals surface area contributed by atoms with Crippen LogP contribution in [0.5, 0.6) is 0 Å². The number of carboxylic acid groups (broad SMARTS) is 1. The van der Waals surface area contributed by atoms with Gasteiger partial charge in [0.05, 0.1) is 0 Å². The van der Waals surface area contributed by atoms with E-state index in [4.69, 9.17) is 5.11 Å². The number of rotatable bonds is 2. The second kappa shape index (κ2) is 5.38. The lowest BCUT2D eigenvalue weighted by Gasteiger charge is -2.39. The van der Waals surface area contributed by atoms with E-state index in [1.807, 2.05) is 6.92 Å². The highest BCUT2D eigenvalue weighted by Crippen LogP contribution is 2.22. The van der Waals surface area contributed by atoms with Crippen LogP contribution in [0.4, 0.5) is 4.79 Å². The fraction of sp³-hybridized carbons (Fsp3) is 0.833. The normalized spacial score (nSPS) is 26.5. The maximum atomic E-state index is 12.2. The highest BCUT2D eigenvalue weighted by molar-refractivity contribution is 5.82. The molecule has 0 aromatic rings. The number of carbonyl (C=O) groups excluding carboxylic acids is 1. The van der Waals surface area contributed by atoms with Crippen LogP contribution in [0.15, 0.2) is 0 Å². The summed E-state index contributed by atoms with van der Waals surface area (Å²) in [7, 11) is 1.55. The highest BCUT2D eigenvalue weighted by Gasteiger charge is 2.31. The Kier molecular flexibility index (Phi) is 4.37. The summed E-state index contributed by atoms with van der Waals surface area (Å²) in [6.45, 7) is 6.38. The summed E-state index contributed by atoms with van der Waals surface area (Å²) in [5.74, 6) is -0.484. The van der Waals surface area contributed by atoms with Crippen LogP contribution >= 0.6 is 0 Å². The van der Waals surface area contributed by atoms with Crippen molar-refractivity contribution in [3.8, 4) is 0 Å². The first-order valence-electron chi connectivity index (χ1n) is 6.10. The number of nitrogens with zero attached hydrogens (tertiary/aromatic N) is 2. The molecule has 0 aromatic heterocycles. The Morgan fingerprint density at radius 1 is 1.35 bits per heavy atom. The van der Waals surface area contributed by atoms with Gasteiger partial charge in [0.15, 0.2) is 0 Å². The van der Waals surface area contributed by atoms with Crippen molar-refractivity contribution in [2.45, 2.75) is 45.7 Å². The van der Waals surface area contributed by atoms with Gasteiger partial charge in [-0.25, -0.2) is 9.59 Å². The lowest BCUT2D eigenvalue weighted by molar-refractivity contribution is -0.141. The molecule has 17 heavy (non-hydrogen) atoms. The molecule has 1 N–H and O–H groups in total. The molecule has 0 spiro atoms. The zero-order chi connectivity index (χ0) is 13.2. The molecule has 5 nitrogen and oxygen atoms in total. The average molecular weight is 242 g/mol. The molecule has 98 valence electrons.